The summed E-state index contributed by atoms with van der Waals surface area (Å²) in [6.45, 7) is 3.37. The molecule has 2 saturated heterocycles. The second kappa shape index (κ2) is 5.45. The highest BCUT2D eigenvalue weighted by Gasteiger charge is 2.45. The zero-order valence-corrected chi connectivity index (χ0v) is 13.8. The van der Waals surface area contributed by atoms with Gasteiger partial charge in [0, 0.05) is 24.6 Å². The lowest BCUT2D eigenvalue weighted by molar-refractivity contribution is 0.0316. The molecule has 2 fully saturated rings. The molecule has 4 heterocycles. The van der Waals surface area contributed by atoms with Crippen molar-refractivity contribution in [2.75, 3.05) is 19.9 Å². The number of rotatable bonds is 2. The Morgan fingerprint density at radius 1 is 1.28 bits per heavy atom. The molecule has 130 valence electrons. The van der Waals surface area contributed by atoms with Crippen LogP contribution in [0.15, 0.2) is 18.2 Å². The van der Waals surface area contributed by atoms with E-state index in [0.29, 0.717) is 41.9 Å². The van der Waals surface area contributed by atoms with Crippen molar-refractivity contribution in [2.45, 2.75) is 25.6 Å². The largest absolute Gasteiger partial charge is 0.454 e. The molecule has 0 aliphatic carbocycles. The Bertz CT molecular complexity index is 822. The number of benzene rings is 1. The Hall–Kier alpha value is -2.61. The van der Waals surface area contributed by atoms with E-state index in [4.69, 9.17) is 14.2 Å². The van der Waals surface area contributed by atoms with Gasteiger partial charge in [-0.2, -0.15) is 5.10 Å². The van der Waals surface area contributed by atoms with Gasteiger partial charge in [-0.25, -0.2) is 4.98 Å². The first-order valence-electron chi connectivity index (χ1n) is 8.40. The van der Waals surface area contributed by atoms with Crippen molar-refractivity contribution in [3.05, 3.63) is 35.4 Å². The van der Waals surface area contributed by atoms with Crippen molar-refractivity contribution in [1.82, 2.24) is 20.1 Å². The van der Waals surface area contributed by atoms with Gasteiger partial charge in [0.1, 0.15) is 11.9 Å². The van der Waals surface area contributed by atoms with E-state index < -0.39 is 0 Å². The molecule has 0 radical (unpaired) electrons. The number of nitrogens with zero attached hydrogens (tertiary/aromatic N) is 3. The minimum Gasteiger partial charge on any atom is -0.454 e. The summed E-state index contributed by atoms with van der Waals surface area (Å²) in [5.41, 5.74) is 0.616. The average Bonchev–Trinajstić information content (AvgIpc) is 3.35. The number of aromatic amines is 1. The fourth-order valence-electron chi connectivity index (χ4n) is 3.81. The fraction of sp³-hybridized carbons (Fsp3) is 0.471. The number of ether oxygens (including phenoxy) is 3. The lowest BCUT2D eigenvalue weighted by Crippen LogP contribution is -2.30. The number of carbonyl (C=O) groups excluding carboxylic acids is 1. The lowest BCUT2D eigenvalue weighted by atomic mass is 10.0. The molecule has 1 N–H and O–H groups in total. The maximum atomic E-state index is 12.8. The topological polar surface area (TPSA) is 89.6 Å². The van der Waals surface area contributed by atoms with Gasteiger partial charge in [-0.1, -0.05) is 0 Å². The number of nitrogens with one attached hydrogen (secondary N) is 1. The van der Waals surface area contributed by atoms with Crippen LogP contribution in [0.1, 0.15) is 34.5 Å². The van der Waals surface area contributed by atoms with Gasteiger partial charge in [0.05, 0.1) is 6.10 Å². The Morgan fingerprint density at radius 3 is 2.96 bits per heavy atom. The zero-order chi connectivity index (χ0) is 17.0. The molecule has 2 aromatic rings. The van der Waals surface area contributed by atoms with Gasteiger partial charge in [-0.15, -0.1) is 0 Å². The van der Waals surface area contributed by atoms with Crippen molar-refractivity contribution < 1.29 is 19.0 Å². The number of fused-ring (bicyclic) bond motifs is 2. The van der Waals surface area contributed by atoms with Crippen LogP contribution in [0.25, 0.3) is 0 Å². The normalized spacial score (nSPS) is 26.9. The predicted octanol–water partition coefficient (Wildman–Crippen LogP) is 1.44. The van der Waals surface area contributed by atoms with Gasteiger partial charge in [0.15, 0.2) is 17.3 Å². The van der Waals surface area contributed by atoms with E-state index in [1.54, 1.807) is 18.2 Å². The quantitative estimate of drug-likeness (QED) is 0.888. The molecule has 3 atom stereocenters. The molecule has 8 heteroatoms. The van der Waals surface area contributed by atoms with Crippen molar-refractivity contribution in [2.24, 2.45) is 5.92 Å². The van der Waals surface area contributed by atoms with Crippen molar-refractivity contribution >= 4 is 5.91 Å². The number of aromatic nitrogens is 3. The van der Waals surface area contributed by atoms with Crippen LogP contribution in [-0.2, 0) is 4.74 Å². The smallest absolute Gasteiger partial charge is 0.254 e. The van der Waals surface area contributed by atoms with Gasteiger partial charge >= 0.3 is 0 Å². The molecule has 3 aliphatic heterocycles. The second-order valence-corrected chi connectivity index (χ2v) is 6.72. The number of H-pyrrole nitrogens is 1. The van der Waals surface area contributed by atoms with Gasteiger partial charge in [-0.3, -0.25) is 9.89 Å². The number of likely N-dealkylation sites (tertiary alicyclic amines) is 1. The number of carbonyl (C=O) groups is 1. The summed E-state index contributed by atoms with van der Waals surface area (Å²) in [5.74, 6) is 3.13. The minimum atomic E-state index is -0.0808. The van der Waals surface area contributed by atoms with Crippen LogP contribution in [0.2, 0.25) is 0 Å². The van der Waals surface area contributed by atoms with E-state index in [1.807, 2.05) is 11.8 Å². The highest BCUT2D eigenvalue weighted by atomic mass is 16.7. The summed E-state index contributed by atoms with van der Waals surface area (Å²) in [6.07, 6.45) is 0.803. The molecule has 0 bridgehead atoms. The summed E-state index contributed by atoms with van der Waals surface area (Å²) in [4.78, 5) is 19.0. The van der Waals surface area contributed by atoms with Gasteiger partial charge in [0.2, 0.25) is 6.79 Å². The molecule has 1 aromatic carbocycles. The van der Waals surface area contributed by atoms with Gasteiger partial charge < -0.3 is 19.1 Å². The Balaban J connectivity index is 1.27. The molecule has 25 heavy (non-hydrogen) atoms. The zero-order valence-electron chi connectivity index (χ0n) is 13.8. The predicted molar refractivity (Wildman–Crippen MR) is 85.3 cm³/mol. The minimum absolute atomic E-state index is 0.00147. The molecule has 1 amide bonds. The number of hydrogen-bond acceptors (Lipinski definition) is 6. The summed E-state index contributed by atoms with van der Waals surface area (Å²) >= 11 is 0. The van der Waals surface area contributed by atoms with Crippen LogP contribution in [0, 0.1) is 12.8 Å². The fourth-order valence-corrected chi connectivity index (χ4v) is 3.81. The molecule has 0 saturated carbocycles. The van der Waals surface area contributed by atoms with E-state index in [9.17, 15) is 4.79 Å². The van der Waals surface area contributed by atoms with Crippen molar-refractivity contribution in [3.8, 4) is 11.5 Å². The first kappa shape index (κ1) is 14.7. The van der Waals surface area contributed by atoms with Crippen LogP contribution >= 0.6 is 0 Å². The molecule has 5 rings (SSSR count). The Kier molecular flexibility index (Phi) is 3.21. The highest BCUT2D eigenvalue weighted by molar-refractivity contribution is 5.95. The highest BCUT2D eigenvalue weighted by Crippen LogP contribution is 2.40. The maximum absolute atomic E-state index is 12.8. The van der Waals surface area contributed by atoms with E-state index in [-0.39, 0.29) is 24.9 Å². The first-order valence-corrected chi connectivity index (χ1v) is 8.40. The third-order valence-corrected chi connectivity index (χ3v) is 5.05. The first-order chi connectivity index (χ1) is 12.2. The number of hydrogen-bond donors (Lipinski definition) is 1. The maximum Gasteiger partial charge on any atom is 0.254 e. The summed E-state index contributed by atoms with van der Waals surface area (Å²) in [7, 11) is 0. The molecular weight excluding hydrogens is 324 g/mol. The molecule has 1 aromatic heterocycles. The van der Waals surface area contributed by atoms with Crippen molar-refractivity contribution in [1.29, 1.82) is 0 Å². The van der Waals surface area contributed by atoms with E-state index in [1.165, 1.54) is 0 Å². The molecule has 0 unspecified atom stereocenters. The van der Waals surface area contributed by atoms with Gasteiger partial charge in [-0.05, 0) is 31.5 Å². The van der Waals surface area contributed by atoms with Crippen LogP contribution in [0.3, 0.4) is 0 Å². The lowest BCUT2D eigenvalue weighted by Gasteiger charge is -2.19. The Morgan fingerprint density at radius 2 is 2.16 bits per heavy atom. The van der Waals surface area contributed by atoms with E-state index in [2.05, 4.69) is 15.2 Å². The molecule has 0 spiro atoms. The summed E-state index contributed by atoms with van der Waals surface area (Å²) in [5, 5.41) is 7.05. The number of aryl methyl sites for hydroxylation is 1. The third kappa shape index (κ3) is 2.44. The summed E-state index contributed by atoms with van der Waals surface area (Å²) < 4.78 is 16.7. The average molecular weight is 342 g/mol. The van der Waals surface area contributed by atoms with E-state index in [0.717, 1.165) is 12.2 Å². The monoisotopic (exact) mass is 342 g/mol. The summed E-state index contributed by atoms with van der Waals surface area (Å²) in [6, 6.07) is 5.31. The van der Waals surface area contributed by atoms with E-state index >= 15 is 0 Å². The molecular formula is C17H18N4O4. The van der Waals surface area contributed by atoms with Crippen LogP contribution in [0.5, 0.6) is 11.5 Å². The third-order valence-electron chi connectivity index (χ3n) is 5.05. The van der Waals surface area contributed by atoms with Crippen LogP contribution in [-0.4, -0.2) is 52.0 Å². The standard InChI is InChI=1S/C17H18N4O4/c1-9-18-16(20-19-9)14-5-11-6-21(7-15(11)25-14)17(22)10-2-3-12-13(4-10)24-8-23-12/h2-4,11,14-15H,5-8H2,1H3,(H,18,19,20)/t11-,14-,15+/m0/s1. The van der Waals surface area contributed by atoms with Gasteiger partial charge in [0.25, 0.3) is 5.91 Å². The van der Waals surface area contributed by atoms with Crippen LogP contribution < -0.4 is 9.47 Å². The molecule has 8 nitrogen and oxygen atoms in total. The molecule has 3 aliphatic rings. The van der Waals surface area contributed by atoms with Crippen LogP contribution in [0.4, 0.5) is 0 Å². The number of amides is 1. The second-order valence-electron chi connectivity index (χ2n) is 6.72. The Labute approximate surface area is 144 Å². The van der Waals surface area contributed by atoms with Crippen molar-refractivity contribution in [3.63, 3.8) is 0 Å². The SMILES string of the molecule is Cc1nc([C@@H]2C[C@H]3CN(C(=O)c4ccc5c(c4)OCO5)C[C@H]3O2)n[nH]1.